The molecule has 0 nitrogen and oxygen atoms in total. The molecule has 0 N–H and O–H groups in total. The van der Waals surface area contributed by atoms with E-state index in [0.29, 0.717) is 0 Å². The van der Waals surface area contributed by atoms with Gasteiger partial charge < -0.3 is 0 Å². The molecule has 0 aromatic rings. The Kier molecular flexibility index (Phi) is 3.14. The van der Waals surface area contributed by atoms with Crippen molar-refractivity contribution in [1.29, 1.82) is 0 Å². The van der Waals surface area contributed by atoms with E-state index in [1.54, 1.807) is 64.2 Å². The second-order valence-corrected chi connectivity index (χ2v) is 14.0. The first kappa shape index (κ1) is 12.9. The lowest BCUT2D eigenvalue weighted by Crippen LogP contribution is -2.42. The first-order valence-corrected chi connectivity index (χ1v) is 12.3. The van der Waals surface area contributed by atoms with Crippen LogP contribution in [-0.4, -0.2) is 8.07 Å². The zero-order valence-corrected chi connectivity index (χ0v) is 14.0. The molecule has 0 aromatic heterocycles. The molecule has 4 fully saturated rings. The minimum atomic E-state index is -1.01. The molecular weight excluding hydrogens is 244 g/mol. The summed E-state index contributed by atoms with van der Waals surface area (Å²) in [6, 6.07) is 0. The van der Waals surface area contributed by atoms with Crippen molar-refractivity contribution >= 4 is 8.07 Å². The average Bonchev–Trinajstić information content (AvgIpc) is 2.98. The summed E-state index contributed by atoms with van der Waals surface area (Å²) < 4.78 is 0. The van der Waals surface area contributed by atoms with Crippen LogP contribution in [0, 0.1) is 23.7 Å². The van der Waals surface area contributed by atoms with Crippen LogP contribution in [0.25, 0.3) is 0 Å². The Morgan fingerprint density at radius 2 is 1.42 bits per heavy atom. The van der Waals surface area contributed by atoms with Crippen LogP contribution in [0.2, 0.25) is 24.2 Å². The maximum atomic E-state index is 2.82. The van der Waals surface area contributed by atoms with Crippen LogP contribution in [0.3, 0.4) is 0 Å². The Morgan fingerprint density at radius 3 is 2.32 bits per heavy atom. The number of hydrogen-bond donors (Lipinski definition) is 0. The molecule has 1 heteroatoms. The highest BCUT2D eigenvalue weighted by atomic mass is 28.3. The molecule has 3 aliphatic carbocycles. The van der Waals surface area contributed by atoms with E-state index in [2.05, 4.69) is 13.1 Å². The normalized spacial score (nSPS) is 52.1. The fourth-order valence-corrected chi connectivity index (χ4v) is 13.4. The minimum Gasteiger partial charge on any atom is -0.0689 e. The van der Waals surface area contributed by atoms with E-state index in [1.165, 1.54) is 22.9 Å². The largest absolute Gasteiger partial charge is 0.0689 e. The summed E-state index contributed by atoms with van der Waals surface area (Å²) in [5.74, 6) is 4.67. The van der Waals surface area contributed by atoms with Crippen molar-refractivity contribution in [2.45, 2.75) is 88.4 Å². The first-order valence-electron chi connectivity index (χ1n) is 9.18. The van der Waals surface area contributed by atoms with Gasteiger partial charge in [-0.05, 0) is 41.2 Å². The predicted molar refractivity (Wildman–Crippen MR) is 85.1 cm³/mol. The van der Waals surface area contributed by atoms with Gasteiger partial charge in [0.05, 0.1) is 8.07 Å². The molecule has 3 saturated carbocycles. The van der Waals surface area contributed by atoms with E-state index in [4.69, 9.17) is 0 Å². The Hall–Kier alpha value is 0.217. The molecule has 0 amide bonds. The molecule has 19 heavy (non-hydrogen) atoms. The minimum absolute atomic E-state index is 1.01. The highest BCUT2D eigenvalue weighted by molar-refractivity contribution is 6.80. The van der Waals surface area contributed by atoms with Gasteiger partial charge in [-0.2, -0.15) is 0 Å². The van der Waals surface area contributed by atoms with Gasteiger partial charge in [-0.3, -0.25) is 0 Å². The summed E-state index contributed by atoms with van der Waals surface area (Å²) in [6.07, 6.45) is 16.0. The Bertz CT molecular complexity index is 348. The Balaban J connectivity index is 1.67. The summed E-state index contributed by atoms with van der Waals surface area (Å²) in [4.78, 5) is 0. The van der Waals surface area contributed by atoms with Gasteiger partial charge in [0.2, 0.25) is 0 Å². The van der Waals surface area contributed by atoms with Crippen molar-refractivity contribution in [3.8, 4) is 0 Å². The topological polar surface area (TPSA) is 0 Å². The Morgan fingerprint density at radius 1 is 0.684 bits per heavy atom. The van der Waals surface area contributed by atoms with Crippen LogP contribution >= 0.6 is 0 Å². The highest BCUT2D eigenvalue weighted by Gasteiger charge is 2.56. The van der Waals surface area contributed by atoms with Gasteiger partial charge in [-0.25, -0.2) is 0 Å². The monoisotopic (exact) mass is 276 g/mol. The summed E-state index contributed by atoms with van der Waals surface area (Å²) in [5, 5.41) is 0. The van der Waals surface area contributed by atoms with E-state index < -0.39 is 8.07 Å². The highest BCUT2D eigenvalue weighted by Crippen LogP contribution is 2.64. The molecule has 6 unspecified atom stereocenters. The summed E-state index contributed by atoms with van der Waals surface area (Å²) >= 11 is 0. The fourth-order valence-electron chi connectivity index (χ4n) is 7.38. The molecule has 1 heterocycles. The zero-order valence-electron chi connectivity index (χ0n) is 13.0. The lowest BCUT2D eigenvalue weighted by molar-refractivity contribution is 0.273. The molecule has 6 atom stereocenters. The SMILES string of the molecule is C[Si]1(C)C2CCCC2CCC2CC3CCCCC3C21. The van der Waals surface area contributed by atoms with Crippen LogP contribution in [0.5, 0.6) is 0 Å². The maximum Gasteiger partial charge on any atom is 0.0544 e. The van der Waals surface area contributed by atoms with Gasteiger partial charge in [-0.15, -0.1) is 0 Å². The number of fused-ring (bicyclic) bond motifs is 4. The molecule has 0 radical (unpaired) electrons. The second-order valence-electron chi connectivity index (χ2n) is 8.93. The van der Waals surface area contributed by atoms with E-state index in [-0.39, 0.29) is 0 Å². The summed E-state index contributed by atoms with van der Waals surface area (Å²) in [5.41, 5.74) is 2.44. The third-order valence-electron chi connectivity index (χ3n) is 7.92. The Labute approximate surface area is 120 Å². The number of rotatable bonds is 0. The zero-order chi connectivity index (χ0) is 13.0. The maximum absolute atomic E-state index is 2.82. The van der Waals surface area contributed by atoms with E-state index >= 15 is 0 Å². The van der Waals surface area contributed by atoms with Crippen molar-refractivity contribution in [2.24, 2.45) is 23.7 Å². The average molecular weight is 277 g/mol. The predicted octanol–water partition coefficient (Wildman–Crippen LogP) is 5.86. The molecule has 108 valence electrons. The molecule has 1 aliphatic heterocycles. The van der Waals surface area contributed by atoms with Gasteiger partial charge in [0.1, 0.15) is 0 Å². The van der Waals surface area contributed by atoms with E-state index in [9.17, 15) is 0 Å². The van der Waals surface area contributed by atoms with Crippen LogP contribution in [-0.2, 0) is 0 Å². The van der Waals surface area contributed by atoms with Gasteiger partial charge in [0.25, 0.3) is 0 Å². The lowest BCUT2D eigenvalue weighted by Gasteiger charge is -2.43. The smallest absolute Gasteiger partial charge is 0.0544 e. The summed E-state index contributed by atoms with van der Waals surface area (Å²) in [6.45, 7) is 5.63. The molecular formula is C18H32Si. The van der Waals surface area contributed by atoms with Crippen molar-refractivity contribution in [2.75, 3.05) is 0 Å². The fraction of sp³-hybridized carbons (Fsp3) is 1.00. The third-order valence-corrected chi connectivity index (χ3v) is 13.2. The first-order chi connectivity index (χ1) is 9.18. The van der Waals surface area contributed by atoms with Gasteiger partial charge >= 0.3 is 0 Å². The van der Waals surface area contributed by atoms with Gasteiger partial charge in [0, 0.05) is 0 Å². The molecule has 0 aromatic carbocycles. The second kappa shape index (κ2) is 4.61. The molecule has 0 bridgehead atoms. The van der Waals surface area contributed by atoms with Crippen LogP contribution < -0.4 is 0 Å². The van der Waals surface area contributed by atoms with Crippen molar-refractivity contribution in [1.82, 2.24) is 0 Å². The van der Waals surface area contributed by atoms with Crippen molar-refractivity contribution in [3.63, 3.8) is 0 Å². The van der Waals surface area contributed by atoms with Crippen LogP contribution in [0.4, 0.5) is 0 Å². The lowest BCUT2D eigenvalue weighted by atomic mass is 9.82. The molecule has 4 rings (SSSR count). The molecule has 0 spiro atoms. The third kappa shape index (κ3) is 1.90. The van der Waals surface area contributed by atoms with Crippen LogP contribution in [0.15, 0.2) is 0 Å². The number of hydrogen-bond acceptors (Lipinski definition) is 0. The van der Waals surface area contributed by atoms with Crippen molar-refractivity contribution in [3.05, 3.63) is 0 Å². The quantitative estimate of drug-likeness (QED) is 0.486. The summed E-state index contributed by atoms with van der Waals surface area (Å²) in [7, 11) is -1.01. The van der Waals surface area contributed by atoms with E-state index in [0.717, 1.165) is 11.8 Å². The van der Waals surface area contributed by atoms with Gasteiger partial charge in [-0.1, -0.05) is 70.9 Å². The standard InChI is InChI=1S/C18H32Si/c1-19(2)17-9-5-7-13(17)10-11-15-12-14-6-3-4-8-16(14)18(15)19/h13-18H,3-12H2,1-2H3. The van der Waals surface area contributed by atoms with Gasteiger partial charge in [0.15, 0.2) is 0 Å². The molecule has 4 aliphatic rings. The van der Waals surface area contributed by atoms with Crippen LogP contribution in [0.1, 0.15) is 64.2 Å². The van der Waals surface area contributed by atoms with E-state index in [1.807, 2.05) is 0 Å². The molecule has 1 saturated heterocycles. The van der Waals surface area contributed by atoms with Crippen molar-refractivity contribution < 1.29 is 0 Å².